The summed E-state index contributed by atoms with van der Waals surface area (Å²) in [5.41, 5.74) is -0.573. The molecule has 0 radical (unpaired) electrons. The fourth-order valence-electron chi connectivity index (χ4n) is 3.02. The topological polar surface area (TPSA) is 111 Å². The summed E-state index contributed by atoms with van der Waals surface area (Å²) in [7, 11) is 0. The maximum absolute atomic E-state index is 12.9. The lowest BCUT2D eigenvalue weighted by Crippen LogP contribution is -2.38. The average molecular weight is 379 g/mol. The van der Waals surface area contributed by atoms with Crippen LogP contribution in [0.1, 0.15) is 48.8 Å². The molecule has 2 aromatic heterocycles. The van der Waals surface area contributed by atoms with Crippen LogP contribution >= 0.6 is 11.3 Å². The fourth-order valence-corrected chi connectivity index (χ4v) is 3.93. The Bertz CT molecular complexity index is 896. The number of hydrogen-bond acceptors (Lipinski definition) is 6. The van der Waals surface area contributed by atoms with Crippen LogP contribution in [-0.2, 0) is 16.1 Å². The number of thiophene rings is 1. The summed E-state index contributed by atoms with van der Waals surface area (Å²) in [5, 5.41) is 13.5. The van der Waals surface area contributed by atoms with Gasteiger partial charge in [0.25, 0.3) is 5.56 Å². The van der Waals surface area contributed by atoms with Gasteiger partial charge < -0.3 is 15.2 Å². The van der Waals surface area contributed by atoms with Crippen LogP contribution in [0.2, 0.25) is 0 Å². The van der Waals surface area contributed by atoms with Crippen LogP contribution in [0.5, 0.6) is 0 Å². The first-order chi connectivity index (χ1) is 12.4. The largest absolute Gasteiger partial charge is 0.478 e. The molecule has 1 aliphatic heterocycles. The summed E-state index contributed by atoms with van der Waals surface area (Å²) in [6.45, 7) is 4.66. The molecule has 1 unspecified atom stereocenters. The number of ether oxygens (including phenoxy) is 1. The number of carboxylic acids is 1. The summed E-state index contributed by atoms with van der Waals surface area (Å²) >= 11 is 1.12. The third-order valence-electron chi connectivity index (χ3n) is 4.32. The lowest BCUT2D eigenvalue weighted by atomic mass is 10.2. The molecule has 2 N–H and O–H groups in total. The van der Waals surface area contributed by atoms with Gasteiger partial charge in [0.05, 0.1) is 17.1 Å². The number of nitrogens with zero attached hydrogens (tertiary/aromatic N) is 2. The van der Waals surface area contributed by atoms with E-state index in [-0.39, 0.29) is 35.4 Å². The van der Waals surface area contributed by atoms with Gasteiger partial charge in [-0.25, -0.2) is 9.78 Å². The molecule has 0 aromatic carbocycles. The Kier molecular flexibility index (Phi) is 5.38. The second-order valence-corrected chi connectivity index (χ2v) is 7.45. The number of carbonyl (C=O) groups is 2. The molecular weight excluding hydrogens is 358 g/mol. The van der Waals surface area contributed by atoms with Gasteiger partial charge in [-0.1, -0.05) is 13.8 Å². The average Bonchev–Trinajstić information content (AvgIpc) is 3.24. The molecule has 0 bridgehead atoms. The zero-order valence-corrected chi connectivity index (χ0v) is 15.5. The van der Waals surface area contributed by atoms with Crippen LogP contribution in [-0.4, -0.2) is 45.8 Å². The van der Waals surface area contributed by atoms with Crippen molar-refractivity contribution in [1.29, 1.82) is 0 Å². The van der Waals surface area contributed by atoms with Gasteiger partial charge in [-0.05, 0) is 12.8 Å². The highest BCUT2D eigenvalue weighted by Crippen LogP contribution is 2.23. The molecular formula is C17H21N3O5S. The van der Waals surface area contributed by atoms with Crippen molar-refractivity contribution in [3.8, 4) is 0 Å². The van der Waals surface area contributed by atoms with Crippen molar-refractivity contribution in [2.75, 3.05) is 13.2 Å². The molecule has 0 spiro atoms. The lowest BCUT2D eigenvalue weighted by Gasteiger charge is -2.16. The number of aromatic nitrogens is 2. The Morgan fingerprint density at radius 2 is 2.27 bits per heavy atom. The highest BCUT2D eigenvalue weighted by atomic mass is 32.1. The van der Waals surface area contributed by atoms with E-state index in [2.05, 4.69) is 10.3 Å². The van der Waals surface area contributed by atoms with Crippen molar-refractivity contribution in [3.05, 3.63) is 27.1 Å². The molecule has 1 saturated heterocycles. The molecule has 140 valence electrons. The molecule has 3 heterocycles. The Morgan fingerprint density at radius 1 is 1.50 bits per heavy atom. The molecule has 3 rings (SSSR count). The minimum atomic E-state index is -1.18. The van der Waals surface area contributed by atoms with Crippen molar-refractivity contribution in [2.24, 2.45) is 0 Å². The van der Waals surface area contributed by atoms with Crippen LogP contribution in [0.4, 0.5) is 0 Å². The number of nitrogens with one attached hydrogen (secondary N) is 1. The highest BCUT2D eigenvalue weighted by molar-refractivity contribution is 7.17. The molecule has 1 atom stereocenters. The Labute approximate surface area is 153 Å². The summed E-state index contributed by atoms with van der Waals surface area (Å²) in [4.78, 5) is 41.4. The van der Waals surface area contributed by atoms with Crippen molar-refractivity contribution >= 4 is 33.4 Å². The Morgan fingerprint density at radius 3 is 2.88 bits per heavy atom. The number of carboxylic acid groups (broad SMARTS) is 1. The zero-order chi connectivity index (χ0) is 18.8. The van der Waals surface area contributed by atoms with E-state index in [9.17, 15) is 19.5 Å². The SMILES string of the molecule is CC(C)c1nc2scc(C(=O)O)c2c(=O)n1CC(=O)NCC1CCCO1. The van der Waals surface area contributed by atoms with Crippen molar-refractivity contribution < 1.29 is 19.4 Å². The van der Waals surface area contributed by atoms with E-state index >= 15 is 0 Å². The monoisotopic (exact) mass is 379 g/mol. The van der Waals surface area contributed by atoms with Gasteiger partial charge in [-0.3, -0.25) is 14.2 Å². The van der Waals surface area contributed by atoms with Crippen molar-refractivity contribution in [2.45, 2.75) is 45.3 Å². The van der Waals surface area contributed by atoms with Crippen LogP contribution in [0.25, 0.3) is 10.2 Å². The van der Waals surface area contributed by atoms with Crippen molar-refractivity contribution in [1.82, 2.24) is 14.9 Å². The van der Waals surface area contributed by atoms with Crippen LogP contribution < -0.4 is 10.9 Å². The zero-order valence-electron chi connectivity index (χ0n) is 14.7. The van der Waals surface area contributed by atoms with E-state index in [4.69, 9.17) is 4.74 Å². The third kappa shape index (κ3) is 3.63. The minimum Gasteiger partial charge on any atom is -0.478 e. The van der Waals surface area contributed by atoms with Crippen LogP contribution in [0.15, 0.2) is 10.2 Å². The van der Waals surface area contributed by atoms with E-state index in [1.165, 1.54) is 9.95 Å². The second kappa shape index (κ2) is 7.55. The highest BCUT2D eigenvalue weighted by Gasteiger charge is 2.22. The van der Waals surface area contributed by atoms with Gasteiger partial charge in [0.2, 0.25) is 5.91 Å². The maximum atomic E-state index is 12.9. The first-order valence-electron chi connectivity index (χ1n) is 8.52. The van der Waals surface area contributed by atoms with Crippen LogP contribution in [0, 0.1) is 0 Å². The molecule has 1 amide bonds. The molecule has 1 aliphatic rings. The van der Waals surface area contributed by atoms with Crippen LogP contribution in [0.3, 0.4) is 0 Å². The molecule has 26 heavy (non-hydrogen) atoms. The maximum Gasteiger partial charge on any atom is 0.337 e. The van der Waals surface area contributed by atoms with E-state index < -0.39 is 11.5 Å². The number of fused-ring (bicyclic) bond motifs is 1. The molecule has 0 saturated carbocycles. The van der Waals surface area contributed by atoms with Gasteiger partial charge in [0.1, 0.15) is 17.2 Å². The third-order valence-corrected chi connectivity index (χ3v) is 5.19. The molecule has 2 aromatic rings. The lowest BCUT2D eigenvalue weighted by molar-refractivity contribution is -0.122. The Balaban J connectivity index is 1.91. The van der Waals surface area contributed by atoms with E-state index in [0.717, 1.165) is 24.2 Å². The fraction of sp³-hybridized carbons (Fsp3) is 0.529. The van der Waals surface area contributed by atoms with Gasteiger partial charge >= 0.3 is 5.97 Å². The smallest absolute Gasteiger partial charge is 0.337 e. The molecule has 1 fully saturated rings. The van der Waals surface area contributed by atoms with Gasteiger partial charge in [0.15, 0.2) is 0 Å². The predicted molar refractivity (Wildman–Crippen MR) is 96.9 cm³/mol. The standard InChI is InChI=1S/C17H21N3O5S/c1-9(2)14-19-15-13(11(8-26-15)17(23)24)16(22)20(14)7-12(21)18-6-10-4-3-5-25-10/h8-10H,3-7H2,1-2H3,(H,18,21)(H,23,24). The Hall–Kier alpha value is -2.26. The quantitative estimate of drug-likeness (QED) is 0.788. The number of carbonyl (C=O) groups excluding carboxylic acids is 1. The molecule has 8 nitrogen and oxygen atoms in total. The number of aromatic carboxylic acids is 1. The number of hydrogen-bond donors (Lipinski definition) is 2. The van der Waals surface area contributed by atoms with E-state index in [0.29, 0.717) is 23.8 Å². The second-order valence-electron chi connectivity index (χ2n) is 6.59. The summed E-state index contributed by atoms with van der Waals surface area (Å²) < 4.78 is 6.74. The number of amides is 1. The minimum absolute atomic E-state index is 0.0105. The first kappa shape index (κ1) is 18.5. The van der Waals surface area contributed by atoms with E-state index in [1.807, 2.05) is 13.8 Å². The summed E-state index contributed by atoms with van der Waals surface area (Å²) in [5.74, 6) is -1.12. The summed E-state index contributed by atoms with van der Waals surface area (Å²) in [6.07, 6.45) is 1.90. The predicted octanol–water partition coefficient (Wildman–Crippen LogP) is 1.57. The number of rotatable bonds is 6. The van der Waals surface area contributed by atoms with Gasteiger partial charge in [-0.15, -0.1) is 11.3 Å². The van der Waals surface area contributed by atoms with Gasteiger partial charge in [-0.2, -0.15) is 0 Å². The van der Waals surface area contributed by atoms with Crippen molar-refractivity contribution in [3.63, 3.8) is 0 Å². The van der Waals surface area contributed by atoms with E-state index in [1.54, 1.807) is 0 Å². The normalized spacial score (nSPS) is 17.1. The van der Waals surface area contributed by atoms with Gasteiger partial charge in [0, 0.05) is 24.4 Å². The summed E-state index contributed by atoms with van der Waals surface area (Å²) in [6, 6.07) is 0. The molecule has 9 heteroatoms. The first-order valence-corrected chi connectivity index (χ1v) is 9.40. The molecule has 0 aliphatic carbocycles.